The van der Waals surface area contributed by atoms with E-state index in [-0.39, 0.29) is 5.41 Å². The van der Waals surface area contributed by atoms with Gasteiger partial charge in [0.25, 0.3) is 0 Å². The zero-order valence-corrected chi connectivity index (χ0v) is 13.2. The van der Waals surface area contributed by atoms with Crippen molar-refractivity contribution in [3.63, 3.8) is 0 Å². The number of carbonyl (C=O) groups excluding carboxylic acids is 1. The molecule has 0 aromatic rings. The number of rotatable bonds is 5. The summed E-state index contributed by atoms with van der Waals surface area (Å²) in [5, 5.41) is 4.31. The van der Waals surface area contributed by atoms with Gasteiger partial charge in [-0.15, -0.1) is 0 Å². The molecule has 3 heteroatoms. The number of hydrogen-bond acceptors (Lipinski definition) is 1. The van der Waals surface area contributed by atoms with Gasteiger partial charge in [-0.1, -0.05) is 48.5 Å². The van der Waals surface area contributed by atoms with E-state index >= 15 is 0 Å². The largest absolute Gasteiger partial charge is 0.355 e. The Balaban J connectivity index is 1.91. The number of alkyl halides is 1. The summed E-state index contributed by atoms with van der Waals surface area (Å²) < 4.78 is 0. The third-order valence-electron chi connectivity index (χ3n) is 5.29. The molecule has 0 atom stereocenters. The van der Waals surface area contributed by atoms with Crippen LogP contribution in [0.5, 0.6) is 0 Å². The zero-order valence-electron chi connectivity index (χ0n) is 11.6. The normalized spacial score (nSPS) is 25.2. The van der Waals surface area contributed by atoms with Gasteiger partial charge in [-0.2, -0.15) is 0 Å². The van der Waals surface area contributed by atoms with Crippen LogP contribution in [0.2, 0.25) is 0 Å². The summed E-state index contributed by atoms with van der Waals surface area (Å²) in [5.74, 6) is 0.328. The van der Waals surface area contributed by atoms with Crippen molar-refractivity contribution < 1.29 is 4.79 Å². The van der Waals surface area contributed by atoms with E-state index < -0.39 is 0 Å². The first-order valence-electron chi connectivity index (χ1n) is 7.51. The molecule has 0 unspecified atom stereocenters. The minimum absolute atomic E-state index is 0.0356. The number of carbonyl (C=O) groups is 1. The van der Waals surface area contributed by atoms with E-state index in [1.54, 1.807) is 0 Å². The molecule has 2 saturated carbocycles. The molecule has 0 bridgehead atoms. The highest BCUT2D eigenvalue weighted by atomic mass is 79.9. The number of amides is 1. The van der Waals surface area contributed by atoms with Crippen molar-refractivity contribution in [2.75, 3.05) is 11.9 Å². The topological polar surface area (TPSA) is 29.1 Å². The van der Waals surface area contributed by atoms with Crippen LogP contribution in [0.1, 0.15) is 64.7 Å². The van der Waals surface area contributed by atoms with Crippen molar-refractivity contribution in [1.82, 2.24) is 5.32 Å². The van der Waals surface area contributed by atoms with E-state index in [9.17, 15) is 4.79 Å². The molecule has 1 amide bonds. The third-order valence-corrected chi connectivity index (χ3v) is 6.48. The first kappa shape index (κ1) is 14.4. The quantitative estimate of drug-likeness (QED) is 0.762. The van der Waals surface area contributed by atoms with Gasteiger partial charge in [-0.3, -0.25) is 4.79 Å². The van der Waals surface area contributed by atoms with E-state index in [1.165, 1.54) is 38.5 Å². The Bertz CT molecular complexity index is 291. The highest BCUT2D eigenvalue weighted by molar-refractivity contribution is 9.09. The molecule has 0 aliphatic heterocycles. The van der Waals surface area contributed by atoms with Crippen LogP contribution < -0.4 is 5.32 Å². The van der Waals surface area contributed by atoms with Crippen LogP contribution in [0.15, 0.2) is 0 Å². The summed E-state index contributed by atoms with van der Waals surface area (Å²) >= 11 is 3.65. The highest BCUT2D eigenvalue weighted by Crippen LogP contribution is 2.42. The minimum Gasteiger partial charge on any atom is -0.355 e. The molecular formula is C15H26BrNO. The maximum absolute atomic E-state index is 12.5. The van der Waals surface area contributed by atoms with Crippen molar-refractivity contribution in [3.05, 3.63) is 0 Å². The molecule has 0 radical (unpaired) electrons. The van der Waals surface area contributed by atoms with Gasteiger partial charge in [-0.05, 0) is 37.5 Å². The Hall–Kier alpha value is -0.0500. The molecule has 0 saturated heterocycles. The Labute approximate surface area is 119 Å². The monoisotopic (exact) mass is 315 g/mol. The van der Waals surface area contributed by atoms with Crippen molar-refractivity contribution >= 4 is 21.8 Å². The van der Waals surface area contributed by atoms with Crippen LogP contribution in [0.3, 0.4) is 0 Å². The first-order valence-corrected chi connectivity index (χ1v) is 8.63. The van der Waals surface area contributed by atoms with E-state index in [0.29, 0.717) is 11.3 Å². The molecule has 2 rings (SSSR count). The van der Waals surface area contributed by atoms with E-state index in [0.717, 1.165) is 31.1 Å². The molecule has 18 heavy (non-hydrogen) atoms. The maximum Gasteiger partial charge on any atom is 0.226 e. The van der Waals surface area contributed by atoms with Crippen molar-refractivity contribution in [1.29, 1.82) is 0 Å². The lowest BCUT2D eigenvalue weighted by atomic mass is 9.81. The van der Waals surface area contributed by atoms with E-state index in [2.05, 4.69) is 28.2 Å². The van der Waals surface area contributed by atoms with Crippen molar-refractivity contribution in [2.45, 2.75) is 64.7 Å². The summed E-state index contributed by atoms with van der Waals surface area (Å²) in [6.07, 6.45) is 10.8. The fourth-order valence-electron chi connectivity index (χ4n) is 3.73. The smallest absolute Gasteiger partial charge is 0.226 e. The lowest BCUT2D eigenvalue weighted by molar-refractivity contribution is -0.131. The second-order valence-corrected chi connectivity index (χ2v) is 6.93. The molecular weight excluding hydrogens is 290 g/mol. The molecule has 0 aromatic carbocycles. The van der Waals surface area contributed by atoms with Gasteiger partial charge in [-0.25, -0.2) is 0 Å². The average molecular weight is 316 g/mol. The van der Waals surface area contributed by atoms with Crippen molar-refractivity contribution in [3.8, 4) is 0 Å². The van der Waals surface area contributed by atoms with Crippen LogP contribution in [-0.4, -0.2) is 17.8 Å². The number of halogens is 1. The van der Waals surface area contributed by atoms with Gasteiger partial charge < -0.3 is 5.32 Å². The van der Waals surface area contributed by atoms with Crippen LogP contribution in [0, 0.1) is 10.8 Å². The van der Waals surface area contributed by atoms with Gasteiger partial charge in [0.05, 0.1) is 0 Å². The minimum atomic E-state index is -0.0356. The Morgan fingerprint density at radius 3 is 2.17 bits per heavy atom. The summed E-state index contributed by atoms with van der Waals surface area (Å²) in [5.41, 5.74) is 0.301. The molecule has 2 aliphatic carbocycles. The standard InChI is InChI=1S/C15H26BrNO/c1-2-15(9-5-6-10-15)13(18)17-12-14(11-16)7-3-4-8-14/h2-12H2,1H3,(H,17,18). The van der Waals surface area contributed by atoms with Gasteiger partial charge in [0.1, 0.15) is 0 Å². The number of hydrogen-bond donors (Lipinski definition) is 1. The van der Waals surface area contributed by atoms with Gasteiger partial charge in [0.15, 0.2) is 0 Å². The molecule has 0 heterocycles. The lowest BCUT2D eigenvalue weighted by Gasteiger charge is -2.31. The summed E-state index contributed by atoms with van der Waals surface area (Å²) in [4.78, 5) is 12.5. The molecule has 0 aromatic heterocycles. The second kappa shape index (κ2) is 5.94. The summed E-state index contributed by atoms with van der Waals surface area (Å²) in [7, 11) is 0. The van der Waals surface area contributed by atoms with Crippen molar-refractivity contribution in [2.24, 2.45) is 10.8 Å². The summed E-state index contributed by atoms with van der Waals surface area (Å²) in [6.45, 7) is 3.04. The highest BCUT2D eigenvalue weighted by Gasteiger charge is 2.40. The average Bonchev–Trinajstić information content (AvgIpc) is 3.06. The van der Waals surface area contributed by atoms with E-state index in [1.807, 2.05) is 0 Å². The Morgan fingerprint density at radius 2 is 1.67 bits per heavy atom. The number of nitrogens with one attached hydrogen (secondary N) is 1. The molecule has 2 aliphatic rings. The molecule has 0 spiro atoms. The Morgan fingerprint density at radius 1 is 1.11 bits per heavy atom. The SMILES string of the molecule is CCC1(C(=O)NCC2(CBr)CCCC2)CCCC1. The van der Waals surface area contributed by atoms with Crippen LogP contribution in [-0.2, 0) is 4.79 Å². The lowest BCUT2D eigenvalue weighted by Crippen LogP contribution is -2.44. The van der Waals surface area contributed by atoms with Crippen LogP contribution in [0.4, 0.5) is 0 Å². The van der Waals surface area contributed by atoms with Gasteiger partial charge in [0, 0.05) is 17.3 Å². The predicted molar refractivity (Wildman–Crippen MR) is 78.9 cm³/mol. The van der Waals surface area contributed by atoms with Crippen LogP contribution >= 0.6 is 15.9 Å². The third kappa shape index (κ3) is 2.76. The molecule has 2 fully saturated rings. The molecule has 2 nitrogen and oxygen atoms in total. The fourth-order valence-corrected chi connectivity index (χ4v) is 4.49. The van der Waals surface area contributed by atoms with Crippen LogP contribution in [0.25, 0.3) is 0 Å². The Kier molecular flexibility index (Phi) is 4.74. The first-order chi connectivity index (χ1) is 8.66. The maximum atomic E-state index is 12.5. The fraction of sp³-hybridized carbons (Fsp3) is 0.933. The zero-order chi connectivity index (χ0) is 13.1. The van der Waals surface area contributed by atoms with Gasteiger partial charge >= 0.3 is 0 Å². The molecule has 104 valence electrons. The second-order valence-electron chi connectivity index (χ2n) is 6.36. The molecule has 1 N–H and O–H groups in total. The van der Waals surface area contributed by atoms with E-state index in [4.69, 9.17) is 0 Å². The summed E-state index contributed by atoms with van der Waals surface area (Å²) in [6, 6.07) is 0. The van der Waals surface area contributed by atoms with Gasteiger partial charge in [0.2, 0.25) is 5.91 Å². The predicted octanol–water partition coefficient (Wildman–Crippen LogP) is 4.03.